The summed E-state index contributed by atoms with van der Waals surface area (Å²) in [4.78, 5) is 0. The molecule has 3 N–H and O–H groups in total. The number of halogens is 1. The van der Waals surface area contributed by atoms with Crippen LogP contribution in [-0.4, -0.2) is 6.10 Å². The highest BCUT2D eigenvalue weighted by Gasteiger charge is 2.10. The normalized spacial score (nSPS) is 10.7. The van der Waals surface area contributed by atoms with Gasteiger partial charge < -0.3 is 15.8 Å². The molecule has 4 heteroatoms. The largest absolute Gasteiger partial charge is 0.488 e. The smallest absolute Gasteiger partial charge is 0.167 e. The van der Waals surface area contributed by atoms with Gasteiger partial charge in [-0.3, -0.25) is 0 Å². The van der Waals surface area contributed by atoms with Gasteiger partial charge in [0.15, 0.2) is 11.6 Å². The topological polar surface area (TPSA) is 47.3 Å². The van der Waals surface area contributed by atoms with Crippen molar-refractivity contribution in [2.24, 2.45) is 0 Å². The highest BCUT2D eigenvalue weighted by Crippen LogP contribution is 2.29. The Morgan fingerprint density at radius 3 is 2.48 bits per heavy atom. The van der Waals surface area contributed by atoms with Gasteiger partial charge >= 0.3 is 0 Å². The van der Waals surface area contributed by atoms with E-state index in [1.807, 2.05) is 32.9 Å². The van der Waals surface area contributed by atoms with Gasteiger partial charge in [-0.05, 0) is 26.3 Å². The molecule has 0 saturated carbocycles. The molecule has 0 saturated heterocycles. The summed E-state index contributed by atoms with van der Waals surface area (Å²) < 4.78 is 19.2. The van der Waals surface area contributed by atoms with E-state index >= 15 is 0 Å². The Labute approximate surface area is 124 Å². The number of rotatable bonds is 5. The molecule has 2 rings (SSSR count). The maximum absolute atomic E-state index is 13.8. The average molecular weight is 288 g/mol. The van der Waals surface area contributed by atoms with Crippen molar-refractivity contribution in [3.8, 4) is 5.75 Å². The highest BCUT2D eigenvalue weighted by atomic mass is 19.1. The number of ether oxygens (including phenoxy) is 1. The number of benzene rings is 2. The number of nitrogens with one attached hydrogen (secondary N) is 1. The summed E-state index contributed by atoms with van der Waals surface area (Å²) in [6.45, 7) is 6.38. The van der Waals surface area contributed by atoms with Crippen LogP contribution in [0.2, 0.25) is 0 Å². The second kappa shape index (κ2) is 6.48. The number of aryl methyl sites for hydroxylation is 1. The van der Waals surface area contributed by atoms with Crippen LogP contribution in [0, 0.1) is 12.7 Å². The molecule has 0 aromatic heterocycles. The SMILES string of the molecule is Cc1ccc(CNc2cc(OC(C)C)c(F)cc2N)cc1. The molecule has 0 atom stereocenters. The molecule has 3 nitrogen and oxygen atoms in total. The first-order valence-corrected chi connectivity index (χ1v) is 7.01. The first-order chi connectivity index (χ1) is 9.95. The summed E-state index contributed by atoms with van der Waals surface area (Å²) in [5.74, 6) is -0.229. The number of hydrogen-bond donors (Lipinski definition) is 2. The van der Waals surface area contributed by atoms with E-state index in [2.05, 4.69) is 17.4 Å². The molecule has 0 heterocycles. The third kappa shape index (κ3) is 4.12. The number of nitrogen functional groups attached to an aromatic ring is 1. The molecular weight excluding hydrogens is 267 g/mol. The van der Waals surface area contributed by atoms with Crippen molar-refractivity contribution in [3.05, 3.63) is 53.3 Å². The van der Waals surface area contributed by atoms with Crippen molar-refractivity contribution < 1.29 is 9.13 Å². The first kappa shape index (κ1) is 15.2. The lowest BCUT2D eigenvalue weighted by molar-refractivity contribution is 0.231. The molecule has 0 amide bonds. The van der Waals surface area contributed by atoms with Gasteiger partial charge in [-0.15, -0.1) is 0 Å². The van der Waals surface area contributed by atoms with Gasteiger partial charge in [0.1, 0.15) is 0 Å². The van der Waals surface area contributed by atoms with Crippen LogP contribution in [0.3, 0.4) is 0 Å². The Balaban J connectivity index is 2.13. The van der Waals surface area contributed by atoms with Crippen molar-refractivity contribution in [2.75, 3.05) is 11.1 Å². The van der Waals surface area contributed by atoms with E-state index < -0.39 is 5.82 Å². The Hall–Kier alpha value is -2.23. The van der Waals surface area contributed by atoms with Crippen molar-refractivity contribution in [3.63, 3.8) is 0 Å². The van der Waals surface area contributed by atoms with Crippen LogP contribution in [0.4, 0.5) is 15.8 Å². The first-order valence-electron chi connectivity index (χ1n) is 7.01. The zero-order valence-electron chi connectivity index (χ0n) is 12.6. The maximum atomic E-state index is 13.8. The summed E-state index contributed by atoms with van der Waals surface area (Å²) >= 11 is 0. The molecule has 0 bridgehead atoms. The number of nitrogens with two attached hydrogens (primary N) is 1. The molecule has 0 aliphatic rings. The molecule has 2 aromatic carbocycles. The van der Waals surface area contributed by atoms with Crippen LogP contribution in [0.25, 0.3) is 0 Å². The molecule has 0 unspecified atom stereocenters. The Bertz CT molecular complexity index is 609. The lowest BCUT2D eigenvalue weighted by atomic mass is 10.1. The highest BCUT2D eigenvalue weighted by molar-refractivity contribution is 5.68. The van der Waals surface area contributed by atoms with E-state index in [1.165, 1.54) is 11.6 Å². The van der Waals surface area contributed by atoms with Gasteiger partial charge in [-0.25, -0.2) is 4.39 Å². The van der Waals surface area contributed by atoms with Crippen molar-refractivity contribution in [1.82, 2.24) is 0 Å². The van der Waals surface area contributed by atoms with E-state index in [0.717, 1.165) is 5.56 Å². The van der Waals surface area contributed by atoms with Crippen molar-refractivity contribution in [1.29, 1.82) is 0 Å². The molecule has 112 valence electrons. The summed E-state index contributed by atoms with van der Waals surface area (Å²) in [7, 11) is 0. The van der Waals surface area contributed by atoms with Gasteiger partial charge in [0.05, 0.1) is 17.5 Å². The number of anilines is 2. The molecule has 0 fully saturated rings. The molecule has 0 spiro atoms. The molecular formula is C17H21FN2O. The third-order valence-electron chi connectivity index (χ3n) is 3.07. The predicted octanol–water partition coefficient (Wildman–Crippen LogP) is 4.12. The Morgan fingerprint density at radius 2 is 1.86 bits per heavy atom. The lowest BCUT2D eigenvalue weighted by Gasteiger charge is -2.15. The fourth-order valence-electron chi connectivity index (χ4n) is 1.97. The van der Waals surface area contributed by atoms with E-state index in [-0.39, 0.29) is 11.9 Å². The van der Waals surface area contributed by atoms with E-state index in [4.69, 9.17) is 10.5 Å². The summed E-state index contributed by atoms with van der Waals surface area (Å²) in [6, 6.07) is 11.1. The van der Waals surface area contributed by atoms with Crippen molar-refractivity contribution in [2.45, 2.75) is 33.4 Å². The van der Waals surface area contributed by atoms with E-state index in [1.54, 1.807) is 6.07 Å². The summed E-state index contributed by atoms with van der Waals surface area (Å²) in [5, 5.41) is 3.22. The minimum Gasteiger partial charge on any atom is -0.488 e. The van der Waals surface area contributed by atoms with Crippen LogP contribution in [0.1, 0.15) is 25.0 Å². The Morgan fingerprint density at radius 1 is 1.19 bits per heavy atom. The van der Waals surface area contributed by atoms with Gasteiger partial charge in [0.25, 0.3) is 0 Å². The van der Waals surface area contributed by atoms with E-state index in [0.29, 0.717) is 17.9 Å². The monoisotopic (exact) mass is 288 g/mol. The van der Waals surface area contributed by atoms with Crippen LogP contribution >= 0.6 is 0 Å². The van der Waals surface area contributed by atoms with Gasteiger partial charge in [0, 0.05) is 18.7 Å². The third-order valence-corrected chi connectivity index (χ3v) is 3.07. The van der Waals surface area contributed by atoms with Gasteiger partial charge in [-0.1, -0.05) is 29.8 Å². The van der Waals surface area contributed by atoms with Crippen LogP contribution in [0.15, 0.2) is 36.4 Å². The van der Waals surface area contributed by atoms with Gasteiger partial charge in [0.2, 0.25) is 0 Å². The second-order valence-electron chi connectivity index (χ2n) is 5.38. The predicted molar refractivity (Wildman–Crippen MR) is 85.1 cm³/mol. The summed E-state index contributed by atoms with van der Waals surface area (Å²) in [5.41, 5.74) is 9.25. The Kier molecular flexibility index (Phi) is 4.68. The molecule has 2 aromatic rings. The fourth-order valence-corrected chi connectivity index (χ4v) is 1.97. The standard InChI is InChI=1S/C17H21FN2O/c1-11(2)21-17-9-16(15(19)8-14(17)18)20-10-13-6-4-12(3)5-7-13/h4-9,11,20H,10,19H2,1-3H3. The maximum Gasteiger partial charge on any atom is 0.167 e. The van der Waals surface area contributed by atoms with Gasteiger partial charge in [-0.2, -0.15) is 0 Å². The molecule has 0 aliphatic carbocycles. The summed E-state index contributed by atoms with van der Waals surface area (Å²) in [6.07, 6.45) is -0.0897. The minimum absolute atomic E-state index is 0.0897. The lowest BCUT2D eigenvalue weighted by Crippen LogP contribution is -2.09. The number of hydrogen-bond acceptors (Lipinski definition) is 3. The zero-order chi connectivity index (χ0) is 15.4. The van der Waals surface area contributed by atoms with Crippen LogP contribution in [-0.2, 0) is 6.54 Å². The minimum atomic E-state index is -0.443. The van der Waals surface area contributed by atoms with E-state index in [9.17, 15) is 4.39 Å². The average Bonchev–Trinajstić information content (AvgIpc) is 2.42. The quantitative estimate of drug-likeness (QED) is 0.814. The fraction of sp³-hybridized carbons (Fsp3) is 0.294. The zero-order valence-corrected chi connectivity index (χ0v) is 12.6. The van der Waals surface area contributed by atoms with Crippen molar-refractivity contribution >= 4 is 11.4 Å². The van der Waals surface area contributed by atoms with Crippen LogP contribution in [0.5, 0.6) is 5.75 Å². The van der Waals surface area contributed by atoms with Crippen LogP contribution < -0.4 is 15.8 Å². The molecule has 0 radical (unpaired) electrons. The second-order valence-corrected chi connectivity index (χ2v) is 5.38. The molecule has 0 aliphatic heterocycles. The molecule has 21 heavy (non-hydrogen) atoms.